The number of hydrogen-bond donors (Lipinski definition) is 1. The summed E-state index contributed by atoms with van der Waals surface area (Å²) in [6, 6.07) is 6.67. The molecule has 0 unspecified atom stereocenters. The van der Waals surface area contributed by atoms with Crippen LogP contribution in [0.4, 0.5) is 4.39 Å². The third-order valence-corrected chi connectivity index (χ3v) is 5.18. The summed E-state index contributed by atoms with van der Waals surface area (Å²) in [5.41, 5.74) is 0.717. The number of hydrogen-bond acceptors (Lipinski definition) is 4. The van der Waals surface area contributed by atoms with Crippen molar-refractivity contribution in [1.29, 1.82) is 5.26 Å². The zero-order valence-corrected chi connectivity index (χ0v) is 12.2. The first-order chi connectivity index (χ1) is 9.44. The van der Waals surface area contributed by atoms with Crippen molar-refractivity contribution in [2.75, 3.05) is 0 Å². The fraction of sp³-hybridized carbons (Fsp3) is 0.154. The Bertz CT molecular complexity index is 776. The standard InChI is InChI=1S/C13H11FN2O2S2/c1-9-4-5-19-13(9)8-16-20(17,18)11-2-3-12(14)10(6-11)7-15/h2-6,16H,8H2,1H3. The average Bonchev–Trinajstić information content (AvgIpc) is 2.82. The lowest BCUT2D eigenvalue weighted by atomic mass is 10.2. The maximum absolute atomic E-state index is 13.2. The van der Waals surface area contributed by atoms with Crippen LogP contribution in [0.25, 0.3) is 0 Å². The number of nitriles is 1. The highest BCUT2D eigenvalue weighted by atomic mass is 32.2. The molecular formula is C13H11FN2O2S2. The van der Waals surface area contributed by atoms with E-state index in [0.717, 1.165) is 28.6 Å². The number of benzene rings is 1. The van der Waals surface area contributed by atoms with E-state index in [1.54, 1.807) is 6.07 Å². The first-order valence-corrected chi connectivity index (χ1v) is 8.02. The third-order valence-electron chi connectivity index (χ3n) is 2.76. The summed E-state index contributed by atoms with van der Waals surface area (Å²) in [6.45, 7) is 2.07. The van der Waals surface area contributed by atoms with Crippen molar-refractivity contribution in [3.63, 3.8) is 0 Å². The first kappa shape index (κ1) is 14.7. The molecule has 2 aromatic rings. The van der Waals surface area contributed by atoms with Crippen LogP contribution in [0.2, 0.25) is 0 Å². The van der Waals surface area contributed by atoms with Gasteiger partial charge >= 0.3 is 0 Å². The quantitative estimate of drug-likeness (QED) is 0.943. The van der Waals surface area contributed by atoms with Gasteiger partial charge < -0.3 is 0 Å². The average molecular weight is 310 g/mol. The molecule has 20 heavy (non-hydrogen) atoms. The molecule has 2 rings (SSSR count). The van der Waals surface area contributed by atoms with Gasteiger partial charge in [-0.25, -0.2) is 17.5 Å². The van der Waals surface area contributed by atoms with E-state index in [4.69, 9.17) is 5.26 Å². The molecule has 0 radical (unpaired) electrons. The number of aryl methyl sites for hydroxylation is 1. The van der Waals surface area contributed by atoms with Gasteiger partial charge in [-0.15, -0.1) is 11.3 Å². The van der Waals surface area contributed by atoms with Crippen LogP contribution in [0, 0.1) is 24.1 Å². The summed E-state index contributed by atoms with van der Waals surface area (Å²) in [7, 11) is -3.76. The van der Waals surface area contributed by atoms with Crippen LogP contribution >= 0.6 is 11.3 Å². The van der Waals surface area contributed by atoms with Crippen LogP contribution in [0.1, 0.15) is 16.0 Å². The number of halogens is 1. The summed E-state index contributed by atoms with van der Waals surface area (Å²) < 4.78 is 39.8. The van der Waals surface area contributed by atoms with Crippen LogP contribution < -0.4 is 4.72 Å². The molecule has 0 aliphatic carbocycles. The first-order valence-electron chi connectivity index (χ1n) is 5.66. The molecule has 7 heteroatoms. The zero-order chi connectivity index (χ0) is 14.8. The number of thiophene rings is 1. The fourth-order valence-corrected chi connectivity index (χ4v) is 3.54. The molecule has 0 aliphatic heterocycles. The third kappa shape index (κ3) is 3.04. The van der Waals surface area contributed by atoms with Gasteiger partial charge in [0.05, 0.1) is 10.5 Å². The normalized spacial score (nSPS) is 11.2. The minimum absolute atomic E-state index is 0.121. The molecule has 0 saturated carbocycles. The molecule has 0 fully saturated rings. The molecule has 1 N–H and O–H groups in total. The number of sulfonamides is 1. The molecule has 1 aromatic carbocycles. The number of nitrogens with zero attached hydrogens (tertiary/aromatic N) is 1. The predicted molar refractivity (Wildman–Crippen MR) is 74.2 cm³/mol. The van der Waals surface area contributed by atoms with Crippen LogP contribution in [-0.2, 0) is 16.6 Å². The highest BCUT2D eigenvalue weighted by Crippen LogP contribution is 2.18. The molecule has 104 valence electrons. The summed E-state index contributed by atoms with van der Waals surface area (Å²) in [6.07, 6.45) is 0. The van der Waals surface area contributed by atoms with Crippen molar-refractivity contribution in [3.05, 3.63) is 51.5 Å². The van der Waals surface area contributed by atoms with Gasteiger partial charge in [0, 0.05) is 11.4 Å². The van der Waals surface area contributed by atoms with Gasteiger partial charge in [-0.2, -0.15) is 5.26 Å². The molecule has 0 spiro atoms. The second kappa shape index (κ2) is 5.71. The number of nitrogens with one attached hydrogen (secondary N) is 1. The second-order valence-electron chi connectivity index (χ2n) is 4.10. The highest BCUT2D eigenvalue weighted by Gasteiger charge is 2.16. The van der Waals surface area contributed by atoms with Gasteiger partial charge in [-0.1, -0.05) is 0 Å². The Morgan fingerprint density at radius 2 is 2.15 bits per heavy atom. The molecule has 0 amide bonds. The minimum atomic E-state index is -3.76. The molecule has 1 heterocycles. The molecule has 1 aromatic heterocycles. The Morgan fingerprint density at radius 3 is 2.75 bits per heavy atom. The predicted octanol–water partition coefficient (Wildman–Crippen LogP) is 2.55. The second-order valence-corrected chi connectivity index (χ2v) is 6.87. The fourth-order valence-electron chi connectivity index (χ4n) is 1.59. The van der Waals surface area contributed by atoms with E-state index in [-0.39, 0.29) is 17.0 Å². The van der Waals surface area contributed by atoms with Crippen LogP contribution in [0.3, 0.4) is 0 Å². The van der Waals surface area contributed by atoms with E-state index in [9.17, 15) is 12.8 Å². The summed E-state index contributed by atoms with van der Waals surface area (Å²) in [5, 5.41) is 10.6. The lowest BCUT2D eigenvalue weighted by molar-refractivity contribution is 0.580. The van der Waals surface area contributed by atoms with Gasteiger partial charge in [0.25, 0.3) is 0 Å². The van der Waals surface area contributed by atoms with Gasteiger partial charge in [0.15, 0.2) is 0 Å². The maximum atomic E-state index is 13.2. The lowest BCUT2D eigenvalue weighted by Gasteiger charge is -2.07. The van der Waals surface area contributed by atoms with E-state index in [0.29, 0.717) is 0 Å². The maximum Gasteiger partial charge on any atom is 0.240 e. The summed E-state index contributed by atoms with van der Waals surface area (Å²) in [5.74, 6) is -0.736. The zero-order valence-electron chi connectivity index (χ0n) is 10.6. The Hall–Kier alpha value is -1.75. The Kier molecular flexibility index (Phi) is 4.18. The van der Waals surface area contributed by atoms with Crippen molar-refractivity contribution in [2.45, 2.75) is 18.4 Å². The SMILES string of the molecule is Cc1ccsc1CNS(=O)(=O)c1ccc(F)c(C#N)c1. The van der Waals surface area contributed by atoms with E-state index < -0.39 is 15.8 Å². The van der Waals surface area contributed by atoms with Gasteiger partial charge in [-0.3, -0.25) is 0 Å². The van der Waals surface area contributed by atoms with Crippen LogP contribution in [0.15, 0.2) is 34.5 Å². The van der Waals surface area contributed by atoms with E-state index in [1.807, 2.05) is 18.4 Å². The molecular weight excluding hydrogens is 299 g/mol. The van der Waals surface area contributed by atoms with E-state index in [2.05, 4.69) is 4.72 Å². The van der Waals surface area contributed by atoms with Gasteiger partial charge in [-0.05, 0) is 42.1 Å². The van der Waals surface area contributed by atoms with Crippen LogP contribution in [-0.4, -0.2) is 8.42 Å². The van der Waals surface area contributed by atoms with Crippen molar-refractivity contribution in [1.82, 2.24) is 4.72 Å². The van der Waals surface area contributed by atoms with E-state index >= 15 is 0 Å². The Labute approximate surface area is 120 Å². The van der Waals surface area contributed by atoms with E-state index in [1.165, 1.54) is 11.3 Å². The minimum Gasteiger partial charge on any atom is -0.207 e. The largest absolute Gasteiger partial charge is 0.240 e. The van der Waals surface area contributed by atoms with Crippen LogP contribution in [0.5, 0.6) is 0 Å². The molecule has 4 nitrogen and oxygen atoms in total. The molecule has 0 bridgehead atoms. The van der Waals surface area contributed by atoms with Crippen molar-refractivity contribution in [2.24, 2.45) is 0 Å². The lowest BCUT2D eigenvalue weighted by Crippen LogP contribution is -2.23. The molecule has 0 aliphatic rings. The molecule has 0 atom stereocenters. The Morgan fingerprint density at radius 1 is 1.40 bits per heavy atom. The summed E-state index contributed by atoms with van der Waals surface area (Å²) in [4.78, 5) is 0.792. The topological polar surface area (TPSA) is 70.0 Å². The van der Waals surface area contributed by atoms with Crippen molar-refractivity contribution < 1.29 is 12.8 Å². The molecule has 0 saturated heterocycles. The Balaban J connectivity index is 2.23. The van der Waals surface area contributed by atoms with Crippen molar-refractivity contribution in [3.8, 4) is 6.07 Å². The monoisotopic (exact) mass is 310 g/mol. The summed E-state index contributed by atoms with van der Waals surface area (Å²) >= 11 is 1.46. The van der Waals surface area contributed by atoms with Gasteiger partial charge in [0.2, 0.25) is 10.0 Å². The van der Waals surface area contributed by atoms with Gasteiger partial charge in [0.1, 0.15) is 11.9 Å². The van der Waals surface area contributed by atoms with Crippen molar-refractivity contribution >= 4 is 21.4 Å². The highest BCUT2D eigenvalue weighted by molar-refractivity contribution is 7.89. The number of rotatable bonds is 4. The smallest absolute Gasteiger partial charge is 0.207 e.